The van der Waals surface area contributed by atoms with Crippen LogP contribution in [0, 0.1) is 0 Å². The van der Waals surface area contributed by atoms with Crippen LogP contribution in [-0.4, -0.2) is 72.4 Å². The Balaban J connectivity index is 1.73. The average molecular weight is 370 g/mol. The zero-order chi connectivity index (χ0) is 19.6. The molecule has 0 aliphatic carbocycles. The summed E-state index contributed by atoms with van der Waals surface area (Å²) in [6.07, 6.45) is 0.586. The molecule has 1 aliphatic rings. The third kappa shape index (κ3) is 4.23. The number of β-amino-alcohol motifs (C(OH)–C–C–N with tert-alkyl or cyclic N) is 1. The first-order chi connectivity index (χ1) is 12.8. The molecule has 27 heavy (non-hydrogen) atoms. The van der Waals surface area contributed by atoms with Gasteiger partial charge >= 0.3 is 0 Å². The summed E-state index contributed by atoms with van der Waals surface area (Å²) in [5, 5.41) is 20.3. The van der Waals surface area contributed by atoms with Gasteiger partial charge in [-0.2, -0.15) is 0 Å². The highest BCUT2D eigenvalue weighted by molar-refractivity contribution is 5.95. The number of rotatable bonds is 5. The molecule has 1 fully saturated rings. The number of phenols is 1. The van der Waals surface area contributed by atoms with Crippen molar-refractivity contribution in [1.82, 2.24) is 9.80 Å². The minimum Gasteiger partial charge on any atom is -0.504 e. The summed E-state index contributed by atoms with van der Waals surface area (Å²) in [7, 11) is 5.34. The summed E-state index contributed by atoms with van der Waals surface area (Å²) in [5.41, 5.74) is 1.57. The van der Waals surface area contributed by atoms with Crippen LogP contribution >= 0.6 is 0 Å². The minimum atomic E-state index is -0.846. The molecule has 0 spiro atoms. The first kappa shape index (κ1) is 19.2. The van der Waals surface area contributed by atoms with E-state index in [1.54, 1.807) is 35.2 Å². The maximum absolute atomic E-state index is 12.8. The van der Waals surface area contributed by atoms with Gasteiger partial charge in [-0.3, -0.25) is 4.79 Å². The first-order valence-electron chi connectivity index (χ1n) is 8.95. The molecule has 1 unspecified atom stereocenters. The first-order valence-corrected chi connectivity index (χ1v) is 8.95. The third-order valence-electron chi connectivity index (χ3n) is 4.87. The van der Waals surface area contributed by atoms with Crippen molar-refractivity contribution < 1.29 is 19.7 Å². The lowest BCUT2D eigenvalue weighted by Crippen LogP contribution is -2.43. The highest BCUT2D eigenvalue weighted by atomic mass is 16.5. The van der Waals surface area contributed by atoms with E-state index in [0.29, 0.717) is 37.4 Å². The number of aliphatic hydroxyl groups is 1. The highest BCUT2D eigenvalue weighted by Crippen LogP contribution is 2.31. The van der Waals surface area contributed by atoms with Gasteiger partial charge in [0, 0.05) is 18.7 Å². The van der Waals surface area contributed by atoms with Gasteiger partial charge in [-0.05, 0) is 55.9 Å². The second-order valence-corrected chi connectivity index (χ2v) is 7.40. The van der Waals surface area contributed by atoms with Crippen LogP contribution in [0.15, 0.2) is 42.5 Å². The van der Waals surface area contributed by atoms with Gasteiger partial charge < -0.3 is 24.7 Å². The molecule has 0 aromatic heterocycles. The molecule has 0 radical (unpaired) electrons. The standard InChI is InChI=1S/C21H26N2O4/c1-22(2)13-21(26)10-11-23(14-21)20(25)16-6-4-15(5-7-16)17-8-9-18(24)19(12-17)27-3/h4-9,12,24,26H,10-11,13-14H2,1-3H3. The number of hydrogen-bond donors (Lipinski definition) is 2. The molecule has 6 heteroatoms. The number of amides is 1. The van der Waals surface area contributed by atoms with Crippen molar-refractivity contribution >= 4 is 5.91 Å². The van der Waals surface area contributed by atoms with E-state index in [0.717, 1.165) is 11.1 Å². The van der Waals surface area contributed by atoms with Gasteiger partial charge in [0.15, 0.2) is 11.5 Å². The Morgan fingerprint density at radius 3 is 2.48 bits per heavy atom. The van der Waals surface area contributed by atoms with Gasteiger partial charge in [0.1, 0.15) is 0 Å². The molecular formula is C21H26N2O4. The lowest BCUT2D eigenvalue weighted by molar-refractivity contribution is 0.0236. The summed E-state index contributed by atoms with van der Waals surface area (Å²) in [4.78, 5) is 16.4. The predicted octanol–water partition coefficient (Wildman–Crippen LogP) is 2.21. The number of benzene rings is 2. The Morgan fingerprint density at radius 2 is 1.85 bits per heavy atom. The van der Waals surface area contributed by atoms with Crippen LogP contribution in [0.1, 0.15) is 16.8 Å². The van der Waals surface area contributed by atoms with Crippen LogP contribution in [0.5, 0.6) is 11.5 Å². The SMILES string of the molecule is COc1cc(-c2ccc(C(=O)N3CCC(O)(CN(C)C)C3)cc2)ccc1O. The number of ether oxygens (including phenoxy) is 1. The number of carbonyl (C=O) groups is 1. The van der Waals surface area contributed by atoms with E-state index in [2.05, 4.69) is 0 Å². The van der Waals surface area contributed by atoms with Crippen molar-refractivity contribution in [3.05, 3.63) is 48.0 Å². The maximum atomic E-state index is 12.8. The van der Waals surface area contributed by atoms with Crippen molar-refractivity contribution in [2.75, 3.05) is 40.8 Å². The molecule has 3 rings (SSSR count). The third-order valence-corrected chi connectivity index (χ3v) is 4.87. The fourth-order valence-corrected chi connectivity index (χ4v) is 3.59. The summed E-state index contributed by atoms with van der Waals surface area (Å²) in [6.45, 7) is 1.44. The summed E-state index contributed by atoms with van der Waals surface area (Å²) in [5.74, 6) is 0.428. The normalized spacial score (nSPS) is 19.5. The maximum Gasteiger partial charge on any atom is 0.253 e. The number of phenolic OH excluding ortho intramolecular Hbond substituents is 1. The summed E-state index contributed by atoms with van der Waals surface area (Å²) >= 11 is 0. The number of carbonyl (C=O) groups excluding carboxylic acids is 1. The number of likely N-dealkylation sites (tertiary alicyclic amines) is 1. The molecule has 1 aliphatic heterocycles. The number of methoxy groups -OCH3 is 1. The quantitative estimate of drug-likeness (QED) is 0.844. The zero-order valence-corrected chi connectivity index (χ0v) is 16.0. The van der Waals surface area contributed by atoms with Gasteiger partial charge in [0.25, 0.3) is 5.91 Å². The highest BCUT2D eigenvalue weighted by Gasteiger charge is 2.38. The van der Waals surface area contributed by atoms with Crippen LogP contribution in [-0.2, 0) is 0 Å². The molecule has 144 valence electrons. The Labute approximate surface area is 159 Å². The summed E-state index contributed by atoms with van der Waals surface area (Å²) < 4.78 is 5.15. The van der Waals surface area contributed by atoms with E-state index < -0.39 is 5.60 Å². The number of aromatic hydroxyl groups is 1. The molecule has 2 aromatic rings. The number of likely N-dealkylation sites (N-methyl/N-ethyl adjacent to an activating group) is 1. The van der Waals surface area contributed by atoms with E-state index in [9.17, 15) is 15.0 Å². The lowest BCUT2D eigenvalue weighted by Gasteiger charge is -2.26. The minimum absolute atomic E-state index is 0.0699. The van der Waals surface area contributed by atoms with Gasteiger partial charge in [-0.15, -0.1) is 0 Å². The largest absolute Gasteiger partial charge is 0.504 e. The molecule has 1 amide bonds. The van der Waals surface area contributed by atoms with Gasteiger partial charge in [0.2, 0.25) is 0 Å². The zero-order valence-electron chi connectivity index (χ0n) is 16.0. The number of nitrogens with zero attached hydrogens (tertiary/aromatic N) is 2. The molecular weight excluding hydrogens is 344 g/mol. The molecule has 1 heterocycles. The van der Waals surface area contributed by atoms with Crippen molar-refractivity contribution in [1.29, 1.82) is 0 Å². The van der Waals surface area contributed by atoms with Crippen LogP contribution < -0.4 is 4.74 Å². The van der Waals surface area contributed by atoms with Gasteiger partial charge in [-0.25, -0.2) is 0 Å². The Hall–Kier alpha value is -2.57. The van der Waals surface area contributed by atoms with Crippen molar-refractivity contribution in [2.45, 2.75) is 12.0 Å². The van der Waals surface area contributed by atoms with Crippen molar-refractivity contribution in [3.8, 4) is 22.6 Å². The smallest absolute Gasteiger partial charge is 0.253 e. The lowest BCUT2D eigenvalue weighted by atomic mass is 10.0. The van der Waals surface area contributed by atoms with E-state index >= 15 is 0 Å². The monoisotopic (exact) mass is 370 g/mol. The van der Waals surface area contributed by atoms with E-state index in [1.807, 2.05) is 31.1 Å². The van der Waals surface area contributed by atoms with Crippen LogP contribution in [0.4, 0.5) is 0 Å². The second-order valence-electron chi connectivity index (χ2n) is 7.40. The molecule has 6 nitrogen and oxygen atoms in total. The molecule has 1 atom stereocenters. The van der Waals surface area contributed by atoms with E-state index in [4.69, 9.17) is 4.74 Å². The van der Waals surface area contributed by atoms with E-state index in [1.165, 1.54) is 7.11 Å². The Kier molecular flexibility index (Phi) is 5.39. The topological polar surface area (TPSA) is 73.2 Å². The molecule has 2 aromatic carbocycles. The van der Waals surface area contributed by atoms with Crippen LogP contribution in [0.2, 0.25) is 0 Å². The van der Waals surface area contributed by atoms with Gasteiger partial charge in [0.05, 0.1) is 19.3 Å². The average Bonchev–Trinajstić information content (AvgIpc) is 3.02. The molecule has 0 bridgehead atoms. The second kappa shape index (κ2) is 7.58. The van der Waals surface area contributed by atoms with Gasteiger partial charge in [-0.1, -0.05) is 18.2 Å². The molecule has 2 N–H and O–H groups in total. The van der Waals surface area contributed by atoms with E-state index in [-0.39, 0.29) is 11.7 Å². The van der Waals surface area contributed by atoms with Crippen molar-refractivity contribution in [3.63, 3.8) is 0 Å². The van der Waals surface area contributed by atoms with Crippen LogP contribution in [0.3, 0.4) is 0 Å². The predicted molar refractivity (Wildman–Crippen MR) is 104 cm³/mol. The van der Waals surface area contributed by atoms with Crippen molar-refractivity contribution in [2.24, 2.45) is 0 Å². The fourth-order valence-electron chi connectivity index (χ4n) is 3.59. The fraction of sp³-hybridized carbons (Fsp3) is 0.381. The molecule has 0 saturated carbocycles. The Bertz CT molecular complexity index is 819. The summed E-state index contributed by atoms with van der Waals surface area (Å²) in [6, 6.07) is 12.5. The molecule has 1 saturated heterocycles. The number of hydrogen-bond acceptors (Lipinski definition) is 5. The van der Waals surface area contributed by atoms with Crippen LogP contribution in [0.25, 0.3) is 11.1 Å². The Morgan fingerprint density at radius 1 is 1.19 bits per heavy atom.